The molecule has 2 aliphatic heterocycles. The van der Waals surface area contributed by atoms with Crippen LogP contribution in [0.4, 0.5) is 5.13 Å². The Morgan fingerprint density at radius 1 is 1.15 bits per heavy atom. The molecular formula is C18H28N4O3S. The van der Waals surface area contributed by atoms with Crippen molar-refractivity contribution in [2.75, 3.05) is 70.6 Å². The Labute approximate surface area is 158 Å². The van der Waals surface area contributed by atoms with E-state index >= 15 is 0 Å². The summed E-state index contributed by atoms with van der Waals surface area (Å²) in [7, 11) is 0. The van der Waals surface area contributed by atoms with Gasteiger partial charge in [0.15, 0.2) is 5.13 Å². The molecule has 0 radical (unpaired) electrons. The maximum Gasteiger partial charge on any atom is 0.223 e. The molecule has 2 fully saturated rings. The lowest BCUT2D eigenvalue weighted by molar-refractivity contribution is -0.125. The number of carbonyl (C=O) groups excluding carboxylic acids is 1. The average Bonchev–Trinajstić information content (AvgIpc) is 3.13. The number of anilines is 1. The molecule has 1 aromatic heterocycles. The molecule has 1 atom stereocenters. The zero-order valence-electron chi connectivity index (χ0n) is 15.2. The quantitative estimate of drug-likeness (QED) is 0.804. The highest BCUT2D eigenvalue weighted by atomic mass is 32.1. The van der Waals surface area contributed by atoms with E-state index in [9.17, 15) is 4.79 Å². The Bertz CT molecular complexity index is 612. The summed E-state index contributed by atoms with van der Waals surface area (Å²) in [5.41, 5.74) is 1.14. The summed E-state index contributed by atoms with van der Waals surface area (Å²) in [4.78, 5) is 23.4. The first kappa shape index (κ1) is 18.2. The van der Waals surface area contributed by atoms with Crippen molar-refractivity contribution >= 4 is 22.4 Å². The smallest absolute Gasteiger partial charge is 0.223 e. The first-order chi connectivity index (χ1) is 12.8. The van der Waals surface area contributed by atoms with Gasteiger partial charge >= 0.3 is 0 Å². The lowest BCUT2D eigenvalue weighted by Gasteiger charge is -2.27. The van der Waals surface area contributed by atoms with Crippen LogP contribution >= 0.6 is 11.3 Å². The second-order valence-corrected chi connectivity index (χ2v) is 8.21. The van der Waals surface area contributed by atoms with Gasteiger partial charge < -0.3 is 19.7 Å². The number of nitrogens with zero attached hydrogens (tertiary/aromatic N) is 3. The minimum Gasteiger partial charge on any atom is -0.379 e. The van der Waals surface area contributed by atoms with Gasteiger partial charge in [-0.1, -0.05) is 0 Å². The van der Waals surface area contributed by atoms with Crippen molar-refractivity contribution in [2.24, 2.45) is 5.92 Å². The predicted molar refractivity (Wildman–Crippen MR) is 101 cm³/mol. The van der Waals surface area contributed by atoms with Crippen molar-refractivity contribution < 1.29 is 14.3 Å². The number of ether oxygens (including phenoxy) is 2. The van der Waals surface area contributed by atoms with Gasteiger partial charge in [0.2, 0.25) is 5.91 Å². The minimum atomic E-state index is 0.0619. The molecule has 3 heterocycles. The van der Waals surface area contributed by atoms with E-state index in [2.05, 4.69) is 15.1 Å². The molecule has 1 aromatic rings. The van der Waals surface area contributed by atoms with E-state index in [1.165, 1.54) is 4.88 Å². The number of hydrogen-bond donors (Lipinski definition) is 1. The number of nitrogens with one attached hydrogen (secondary N) is 1. The van der Waals surface area contributed by atoms with Gasteiger partial charge in [-0.2, -0.15) is 0 Å². The number of thiazole rings is 1. The van der Waals surface area contributed by atoms with Crippen LogP contribution in [0, 0.1) is 5.92 Å². The van der Waals surface area contributed by atoms with Gasteiger partial charge in [0.05, 0.1) is 32.1 Å². The van der Waals surface area contributed by atoms with Gasteiger partial charge in [0.1, 0.15) is 0 Å². The molecule has 2 saturated heterocycles. The van der Waals surface area contributed by atoms with Crippen LogP contribution in [0.5, 0.6) is 0 Å². The summed E-state index contributed by atoms with van der Waals surface area (Å²) in [6, 6.07) is 0. The molecule has 3 aliphatic rings. The van der Waals surface area contributed by atoms with E-state index in [1.54, 1.807) is 11.3 Å². The minimum absolute atomic E-state index is 0.0619. The maximum atomic E-state index is 12.6. The van der Waals surface area contributed by atoms with Crippen LogP contribution in [-0.4, -0.2) is 81.5 Å². The molecule has 1 N–H and O–H groups in total. The molecule has 0 spiro atoms. The Morgan fingerprint density at radius 3 is 2.65 bits per heavy atom. The van der Waals surface area contributed by atoms with E-state index in [4.69, 9.17) is 14.5 Å². The number of hydrogen-bond acceptors (Lipinski definition) is 7. The molecule has 0 bridgehead atoms. The Morgan fingerprint density at radius 2 is 1.88 bits per heavy atom. The van der Waals surface area contributed by atoms with Crippen molar-refractivity contribution in [3.05, 3.63) is 10.6 Å². The van der Waals surface area contributed by atoms with Crippen LogP contribution in [0.15, 0.2) is 0 Å². The third-order valence-corrected chi connectivity index (χ3v) is 6.63. The molecule has 8 heteroatoms. The first-order valence-electron chi connectivity index (χ1n) is 9.68. The number of carbonyl (C=O) groups is 1. The Hall–Kier alpha value is -1.22. The largest absolute Gasteiger partial charge is 0.379 e. The highest BCUT2D eigenvalue weighted by Gasteiger charge is 2.28. The van der Waals surface area contributed by atoms with Gasteiger partial charge in [0.25, 0.3) is 0 Å². The number of aryl methyl sites for hydroxylation is 1. The first-order valence-corrected chi connectivity index (χ1v) is 10.5. The van der Waals surface area contributed by atoms with Gasteiger partial charge in [-0.3, -0.25) is 9.69 Å². The molecule has 0 aromatic carbocycles. The van der Waals surface area contributed by atoms with Crippen molar-refractivity contribution in [3.63, 3.8) is 0 Å². The van der Waals surface area contributed by atoms with Gasteiger partial charge in [-0.15, -0.1) is 11.3 Å². The fraction of sp³-hybridized carbons (Fsp3) is 0.778. The highest BCUT2D eigenvalue weighted by Crippen LogP contribution is 2.34. The SMILES string of the molecule is O=C(NCCN1CCOCC1)C1CCc2sc(N3CCOCC3)nc2C1. The molecule has 26 heavy (non-hydrogen) atoms. The van der Waals surface area contributed by atoms with Gasteiger partial charge in [-0.25, -0.2) is 4.98 Å². The molecule has 1 amide bonds. The summed E-state index contributed by atoms with van der Waals surface area (Å²) in [5.74, 6) is 0.247. The van der Waals surface area contributed by atoms with E-state index in [0.29, 0.717) is 0 Å². The molecule has 1 unspecified atom stereocenters. The fourth-order valence-electron chi connectivity index (χ4n) is 3.79. The average molecular weight is 381 g/mol. The van der Waals surface area contributed by atoms with Crippen LogP contribution in [0.25, 0.3) is 0 Å². The van der Waals surface area contributed by atoms with Crippen LogP contribution in [0.3, 0.4) is 0 Å². The van der Waals surface area contributed by atoms with E-state index in [1.807, 2.05) is 0 Å². The summed E-state index contributed by atoms with van der Waals surface area (Å²) in [6.45, 7) is 8.54. The fourth-order valence-corrected chi connectivity index (χ4v) is 4.94. The topological polar surface area (TPSA) is 66.9 Å². The Kier molecular flexibility index (Phi) is 6.04. The molecular weight excluding hydrogens is 352 g/mol. The zero-order valence-corrected chi connectivity index (χ0v) is 16.1. The lowest BCUT2D eigenvalue weighted by Crippen LogP contribution is -2.43. The molecule has 0 saturated carbocycles. The van der Waals surface area contributed by atoms with Crippen LogP contribution in [0.1, 0.15) is 17.0 Å². The number of amides is 1. The summed E-state index contributed by atoms with van der Waals surface area (Å²) >= 11 is 1.80. The predicted octanol–water partition coefficient (Wildman–Crippen LogP) is 0.533. The summed E-state index contributed by atoms with van der Waals surface area (Å²) in [6.07, 6.45) is 2.68. The summed E-state index contributed by atoms with van der Waals surface area (Å²) < 4.78 is 10.8. The van der Waals surface area contributed by atoms with Crippen LogP contribution in [0.2, 0.25) is 0 Å². The van der Waals surface area contributed by atoms with Crippen molar-refractivity contribution in [3.8, 4) is 0 Å². The van der Waals surface area contributed by atoms with Crippen molar-refractivity contribution in [1.82, 2.24) is 15.2 Å². The molecule has 4 rings (SSSR count). The maximum absolute atomic E-state index is 12.6. The van der Waals surface area contributed by atoms with E-state index in [-0.39, 0.29) is 11.8 Å². The van der Waals surface area contributed by atoms with Gasteiger partial charge in [-0.05, 0) is 12.8 Å². The number of fused-ring (bicyclic) bond motifs is 1. The van der Waals surface area contributed by atoms with E-state index in [0.717, 1.165) is 95.8 Å². The van der Waals surface area contributed by atoms with Gasteiger partial charge in [0, 0.05) is 56.5 Å². The molecule has 144 valence electrons. The normalized spacial score (nSPS) is 24.3. The molecule has 7 nitrogen and oxygen atoms in total. The van der Waals surface area contributed by atoms with E-state index < -0.39 is 0 Å². The van der Waals surface area contributed by atoms with Crippen LogP contribution < -0.4 is 10.2 Å². The standard InChI is InChI=1S/C18H28N4O3S/c23-17(19-3-4-21-5-9-24-10-6-21)14-1-2-16-15(13-14)20-18(26-16)22-7-11-25-12-8-22/h14H,1-13H2,(H,19,23). The Balaban J connectivity index is 1.27. The number of morpholine rings is 2. The van der Waals surface area contributed by atoms with Crippen molar-refractivity contribution in [2.45, 2.75) is 19.3 Å². The number of aromatic nitrogens is 1. The zero-order chi connectivity index (χ0) is 17.8. The third kappa shape index (κ3) is 4.36. The second kappa shape index (κ2) is 8.65. The number of rotatable bonds is 5. The highest BCUT2D eigenvalue weighted by molar-refractivity contribution is 7.15. The summed E-state index contributed by atoms with van der Waals surface area (Å²) in [5, 5.41) is 4.23. The monoisotopic (exact) mass is 380 g/mol. The second-order valence-electron chi connectivity index (χ2n) is 7.15. The molecule has 1 aliphatic carbocycles. The third-order valence-electron chi connectivity index (χ3n) is 5.41. The lowest BCUT2D eigenvalue weighted by atomic mass is 9.90. The van der Waals surface area contributed by atoms with Crippen LogP contribution in [-0.2, 0) is 27.1 Å². The van der Waals surface area contributed by atoms with Crippen molar-refractivity contribution in [1.29, 1.82) is 0 Å².